The number of carbonyl (C=O) groups excluding carboxylic acids is 4. The van der Waals surface area contributed by atoms with Crippen LogP contribution < -0.4 is 25.5 Å². The van der Waals surface area contributed by atoms with Crippen LogP contribution in [0.2, 0.25) is 0 Å². The van der Waals surface area contributed by atoms with E-state index in [-0.39, 0.29) is 13.2 Å². The molecule has 3 N–H and O–H groups in total. The van der Waals surface area contributed by atoms with Gasteiger partial charge >= 0.3 is 5.97 Å². The van der Waals surface area contributed by atoms with Crippen LogP contribution in [-0.2, 0) is 14.3 Å². The summed E-state index contributed by atoms with van der Waals surface area (Å²) in [6.07, 6.45) is 1.42. The molecule has 3 aromatic carbocycles. The molecule has 0 saturated carbocycles. The number of hydrogen-bond acceptors (Lipinski definition) is 8. The molecule has 3 rings (SSSR count). The largest absolute Gasteiger partial charge is 0.490 e. The van der Waals surface area contributed by atoms with E-state index in [1.165, 1.54) is 6.21 Å². The van der Waals surface area contributed by atoms with Gasteiger partial charge in [0.1, 0.15) is 6.04 Å². The molecule has 0 heterocycles. The van der Waals surface area contributed by atoms with Gasteiger partial charge in [0.15, 0.2) is 18.1 Å². The zero-order valence-electron chi connectivity index (χ0n) is 23.3. The molecule has 0 saturated heterocycles. The van der Waals surface area contributed by atoms with Crippen molar-refractivity contribution in [3.8, 4) is 11.5 Å². The van der Waals surface area contributed by atoms with Crippen LogP contribution in [0.25, 0.3) is 0 Å². The Hall–Kier alpha value is -4.71. The van der Waals surface area contributed by atoms with E-state index >= 15 is 0 Å². The molecule has 0 aliphatic heterocycles. The number of nitrogens with zero attached hydrogens (tertiary/aromatic N) is 1. The molecule has 0 fully saturated rings. The molecule has 0 aliphatic rings. The number of nitrogens with one attached hydrogen (secondary N) is 3. The highest BCUT2D eigenvalue weighted by Crippen LogP contribution is 2.28. The van der Waals surface area contributed by atoms with Crippen molar-refractivity contribution in [1.82, 2.24) is 10.7 Å². The molecule has 3 aromatic rings. The molecule has 0 radical (unpaired) electrons. The number of hydrogen-bond donors (Lipinski definition) is 3. The van der Waals surface area contributed by atoms with Crippen LogP contribution in [0, 0.1) is 0 Å². The zero-order chi connectivity index (χ0) is 30.5. The monoisotopic (exact) mass is 638 g/mol. The van der Waals surface area contributed by atoms with E-state index in [0.717, 1.165) is 0 Å². The van der Waals surface area contributed by atoms with Crippen molar-refractivity contribution in [2.45, 2.75) is 26.8 Å². The molecule has 1 unspecified atom stereocenters. The van der Waals surface area contributed by atoms with Crippen molar-refractivity contribution in [2.75, 3.05) is 25.1 Å². The summed E-state index contributed by atoms with van der Waals surface area (Å²) in [6, 6.07) is 17.3. The summed E-state index contributed by atoms with van der Waals surface area (Å²) < 4.78 is 16.9. The number of halogens is 1. The minimum Gasteiger partial charge on any atom is -0.490 e. The van der Waals surface area contributed by atoms with E-state index in [2.05, 4.69) is 37.1 Å². The number of hydrazone groups is 1. The van der Waals surface area contributed by atoms with E-state index in [0.29, 0.717) is 45.0 Å². The lowest BCUT2D eigenvalue weighted by Crippen LogP contribution is -2.43. The molecule has 12 heteroatoms. The molecular weight excluding hydrogens is 608 g/mol. The summed E-state index contributed by atoms with van der Waals surface area (Å²) >= 11 is 3.32. The van der Waals surface area contributed by atoms with Crippen LogP contribution in [0.4, 0.5) is 5.69 Å². The first-order valence-electron chi connectivity index (χ1n) is 13.1. The predicted octanol–water partition coefficient (Wildman–Crippen LogP) is 4.31. The van der Waals surface area contributed by atoms with Crippen LogP contribution in [-0.4, -0.2) is 55.8 Å². The number of benzene rings is 3. The lowest BCUT2D eigenvalue weighted by molar-refractivity contribution is -0.122. The van der Waals surface area contributed by atoms with E-state index in [1.807, 2.05) is 0 Å². The van der Waals surface area contributed by atoms with Gasteiger partial charge in [-0.05, 0) is 96.9 Å². The third kappa shape index (κ3) is 9.44. The molecule has 0 aliphatic carbocycles. The van der Waals surface area contributed by atoms with Gasteiger partial charge < -0.3 is 24.8 Å². The van der Waals surface area contributed by atoms with Crippen molar-refractivity contribution in [3.05, 3.63) is 87.9 Å². The Morgan fingerprint density at radius 2 is 1.67 bits per heavy atom. The smallest absolute Gasteiger partial charge is 0.338 e. The molecule has 1 atom stereocenters. The normalized spacial score (nSPS) is 11.3. The fourth-order valence-corrected chi connectivity index (χ4v) is 3.95. The summed E-state index contributed by atoms with van der Waals surface area (Å²) in [5.41, 5.74) is 4.29. The molecule has 0 aromatic heterocycles. The Balaban J connectivity index is 1.53. The van der Waals surface area contributed by atoms with Gasteiger partial charge in [0.25, 0.3) is 17.7 Å². The summed E-state index contributed by atoms with van der Waals surface area (Å²) in [7, 11) is 0. The second-order valence-corrected chi connectivity index (χ2v) is 9.54. The lowest BCUT2D eigenvalue weighted by Gasteiger charge is -2.13. The first-order chi connectivity index (χ1) is 20.2. The number of amides is 3. The molecule has 3 amide bonds. The predicted molar refractivity (Wildman–Crippen MR) is 161 cm³/mol. The first kappa shape index (κ1) is 31.8. The van der Waals surface area contributed by atoms with Gasteiger partial charge in [0.05, 0.1) is 30.6 Å². The van der Waals surface area contributed by atoms with Gasteiger partial charge in [-0.25, -0.2) is 10.2 Å². The van der Waals surface area contributed by atoms with Crippen LogP contribution in [0.3, 0.4) is 0 Å². The average molecular weight is 640 g/mol. The van der Waals surface area contributed by atoms with Crippen molar-refractivity contribution >= 4 is 51.5 Å². The highest BCUT2D eigenvalue weighted by Gasteiger charge is 2.17. The second-order valence-electron chi connectivity index (χ2n) is 8.68. The SMILES string of the molecule is CCOC(=O)c1ccc(NC(=O)COc2ccc(C=NNC(=O)C(C)NC(=O)c3ccccc3Br)cc2OCC)cc1. The molecule has 0 spiro atoms. The third-order valence-corrected chi connectivity index (χ3v) is 6.25. The Kier molecular flexibility index (Phi) is 12.1. The van der Waals surface area contributed by atoms with Crippen molar-refractivity contribution in [3.63, 3.8) is 0 Å². The molecule has 0 bridgehead atoms. The Labute approximate surface area is 251 Å². The van der Waals surface area contributed by atoms with Gasteiger partial charge in [-0.3, -0.25) is 14.4 Å². The fraction of sp³-hybridized carbons (Fsp3) is 0.233. The highest BCUT2D eigenvalue weighted by atomic mass is 79.9. The topological polar surface area (TPSA) is 144 Å². The number of anilines is 1. The fourth-order valence-electron chi connectivity index (χ4n) is 3.49. The Morgan fingerprint density at radius 3 is 2.36 bits per heavy atom. The van der Waals surface area contributed by atoms with E-state index in [1.54, 1.807) is 87.5 Å². The third-order valence-electron chi connectivity index (χ3n) is 5.55. The number of ether oxygens (including phenoxy) is 3. The minimum absolute atomic E-state index is 0.275. The standard InChI is InChI=1S/C30H31BrN4O7/c1-4-40-26-16-20(17-32-35-28(37)19(3)33-29(38)23-8-6-7-9-24(23)31)10-15-25(26)42-18-27(36)34-22-13-11-21(12-14-22)30(39)41-5-2/h6-17,19H,4-5,18H2,1-3H3,(H,33,38)(H,34,36)(H,35,37). The average Bonchev–Trinajstić information content (AvgIpc) is 2.97. The number of carbonyl (C=O) groups is 4. The Morgan fingerprint density at radius 1 is 0.929 bits per heavy atom. The van der Waals surface area contributed by atoms with Crippen molar-refractivity contribution in [1.29, 1.82) is 0 Å². The quantitative estimate of drug-likeness (QED) is 0.144. The van der Waals surface area contributed by atoms with Gasteiger partial charge in [0.2, 0.25) is 0 Å². The maximum atomic E-state index is 12.4. The summed E-state index contributed by atoms with van der Waals surface area (Å²) in [6.45, 7) is 5.42. The molecular formula is C30H31BrN4O7. The number of esters is 1. The molecule has 220 valence electrons. The maximum Gasteiger partial charge on any atom is 0.338 e. The van der Waals surface area contributed by atoms with Crippen molar-refractivity contribution < 1.29 is 33.4 Å². The second kappa shape index (κ2) is 15.9. The summed E-state index contributed by atoms with van der Waals surface area (Å²) in [4.78, 5) is 49.0. The van der Waals surface area contributed by atoms with Crippen molar-refractivity contribution in [2.24, 2.45) is 5.10 Å². The molecule has 42 heavy (non-hydrogen) atoms. The van der Waals surface area contributed by atoms with Crippen LogP contribution in [0.1, 0.15) is 47.1 Å². The number of rotatable bonds is 13. The van der Waals surface area contributed by atoms with E-state index in [4.69, 9.17) is 14.2 Å². The van der Waals surface area contributed by atoms with E-state index < -0.39 is 29.7 Å². The van der Waals surface area contributed by atoms with Gasteiger partial charge in [-0.1, -0.05) is 12.1 Å². The zero-order valence-corrected chi connectivity index (χ0v) is 24.9. The van der Waals surface area contributed by atoms with E-state index in [9.17, 15) is 19.2 Å². The maximum absolute atomic E-state index is 12.4. The van der Waals surface area contributed by atoms with Gasteiger partial charge in [-0.2, -0.15) is 5.10 Å². The van der Waals surface area contributed by atoms with Gasteiger partial charge in [0, 0.05) is 10.2 Å². The summed E-state index contributed by atoms with van der Waals surface area (Å²) in [5.74, 6) is -1.02. The lowest BCUT2D eigenvalue weighted by atomic mass is 10.2. The van der Waals surface area contributed by atoms with Crippen LogP contribution in [0.5, 0.6) is 11.5 Å². The first-order valence-corrected chi connectivity index (χ1v) is 13.9. The summed E-state index contributed by atoms with van der Waals surface area (Å²) in [5, 5.41) is 9.29. The minimum atomic E-state index is -0.835. The molecule has 11 nitrogen and oxygen atoms in total. The van der Waals surface area contributed by atoms with Crippen LogP contribution in [0.15, 0.2) is 76.3 Å². The van der Waals surface area contributed by atoms with Gasteiger partial charge in [-0.15, -0.1) is 0 Å². The Bertz CT molecular complexity index is 1440. The highest BCUT2D eigenvalue weighted by molar-refractivity contribution is 9.10. The van der Waals surface area contributed by atoms with Crippen LogP contribution >= 0.6 is 15.9 Å².